The molecule has 0 spiro atoms. The van der Waals surface area contributed by atoms with E-state index in [-0.39, 0.29) is 11.6 Å². The molecule has 1 aromatic carbocycles. The fraction of sp³-hybridized carbons (Fsp3) is 0.588. The molecule has 0 saturated carbocycles. The van der Waals surface area contributed by atoms with Gasteiger partial charge in [0.1, 0.15) is 0 Å². The number of halogens is 1. The summed E-state index contributed by atoms with van der Waals surface area (Å²) in [5.41, 5.74) is 0.230. The maximum Gasteiger partial charge on any atom is 0.272 e. The lowest BCUT2D eigenvalue weighted by Gasteiger charge is -2.41. The third-order valence-corrected chi connectivity index (χ3v) is 5.18. The van der Waals surface area contributed by atoms with Gasteiger partial charge in [0.2, 0.25) is 0 Å². The predicted octanol–water partition coefficient (Wildman–Crippen LogP) is 2.94. The highest BCUT2D eigenvalue weighted by molar-refractivity contribution is 5.52. The van der Waals surface area contributed by atoms with Gasteiger partial charge in [-0.3, -0.25) is 10.1 Å². The highest BCUT2D eigenvalue weighted by atomic mass is 19.1. The van der Waals surface area contributed by atoms with Crippen molar-refractivity contribution < 1.29 is 9.31 Å². The van der Waals surface area contributed by atoms with Crippen LogP contribution in [0.2, 0.25) is 0 Å². The molecular weight excluding hydrogens is 311 g/mol. The minimum atomic E-state index is -0.579. The number of hydrogen-bond donors (Lipinski definition) is 0. The number of nitro benzene ring substituents is 1. The molecule has 3 rings (SSSR count). The van der Waals surface area contributed by atoms with E-state index in [1.165, 1.54) is 12.1 Å². The lowest BCUT2D eigenvalue weighted by molar-refractivity contribution is -0.385. The summed E-state index contributed by atoms with van der Waals surface area (Å²) in [6.07, 6.45) is 3.78. The summed E-state index contributed by atoms with van der Waals surface area (Å²) >= 11 is 0. The topological polar surface area (TPSA) is 73.4 Å². The number of rotatable bonds is 3. The van der Waals surface area contributed by atoms with Crippen molar-refractivity contribution in [1.29, 1.82) is 5.26 Å². The molecule has 0 atom stereocenters. The van der Waals surface area contributed by atoms with E-state index < -0.39 is 10.7 Å². The molecule has 24 heavy (non-hydrogen) atoms. The van der Waals surface area contributed by atoms with Crippen molar-refractivity contribution in [2.75, 3.05) is 31.1 Å². The summed E-state index contributed by atoms with van der Waals surface area (Å²) in [5, 5.41) is 19.7. The van der Waals surface area contributed by atoms with Gasteiger partial charge >= 0.3 is 0 Å². The van der Waals surface area contributed by atoms with Gasteiger partial charge in [-0.2, -0.15) is 5.26 Å². The van der Waals surface area contributed by atoms with Crippen LogP contribution in [0.15, 0.2) is 18.2 Å². The zero-order valence-corrected chi connectivity index (χ0v) is 13.5. The van der Waals surface area contributed by atoms with E-state index in [1.807, 2.05) is 4.90 Å². The van der Waals surface area contributed by atoms with Gasteiger partial charge in [0, 0.05) is 31.1 Å². The molecule has 2 aliphatic heterocycles. The molecule has 0 bridgehead atoms. The molecule has 128 valence electrons. The molecule has 2 aliphatic rings. The number of benzene rings is 1. The van der Waals surface area contributed by atoms with Gasteiger partial charge in [-0.05, 0) is 44.8 Å². The number of likely N-dealkylation sites (tertiary alicyclic amines) is 1. The van der Waals surface area contributed by atoms with Gasteiger partial charge in [-0.15, -0.1) is 0 Å². The summed E-state index contributed by atoms with van der Waals surface area (Å²) in [6, 6.07) is 6.70. The summed E-state index contributed by atoms with van der Waals surface area (Å²) in [7, 11) is 0. The highest BCUT2D eigenvalue weighted by Crippen LogP contribution is 2.29. The Kier molecular flexibility index (Phi) is 4.95. The van der Waals surface area contributed by atoms with Gasteiger partial charge in [-0.25, -0.2) is 4.39 Å². The van der Waals surface area contributed by atoms with E-state index in [2.05, 4.69) is 11.0 Å². The number of anilines is 1. The number of nitrogens with zero attached hydrogens (tertiary/aromatic N) is 4. The average Bonchev–Trinajstić information content (AvgIpc) is 2.62. The van der Waals surface area contributed by atoms with Gasteiger partial charge in [0.05, 0.1) is 22.7 Å². The van der Waals surface area contributed by atoms with E-state index in [0.29, 0.717) is 11.7 Å². The largest absolute Gasteiger partial charge is 0.369 e. The van der Waals surface area contributed by atoms with Crippen molar-refractivity contribution in [1.82, 2.24) is 4.90 Å². The SMILES string of the molecule is N#CC1CCN(C2CCN(c3ccc([N+](=O)[O-])cc3F)CC2)CC1. The molecule has 1 aromatic rings. The summed E-state index contributed by atoms with van der Waals surface area (Å²) in [5.74, 6) is -0.340. The van der Waals surface area contributed by atoms with Crippen LogP contribution < -0.4 is 4.90 Å². The molecule has 0 N–H and O–H groups in total. The van der Waals surface area contributed by atoms with Crippen molar-refractivity contribution in [3.8, 4) is 6.07 Å². The first kappa shape index (κ1) is 16.7. The fourth-order valence-electron chi connectivity index (χ4n) is 3.73. The molecule has 0 unspecified atom stereocenters. The van der Waals surface area contributed by atoms with Crippen molar-refractivity contribution in [3.05, 3.63) is 34.1 Å². The van der Waals surface area contributed by atoms with Gasteiger partial charge in [0.25, 0.3) is 5.69 Å². The Morgan fingerprint density at radius 2 is 1.83 bits per heavy atom. The van der Waals surface area contributed by atoms with Crippen molar-refractivity contribution in [2.45, 2.75) is 31.7 Å². The summed E-state index contributed by atoms with van der Waals surface area (Å²) in [4.78, 5) is 14.5. The van der Waals surface area contributed by atoms with Crippen LogP contribution in [0.25, 0.3) is 0 Å². The van der Waals surface area contributed by atoms with Crippen LogP contribution in [0.4, 0.5) is 15.8 Å². The van der Waals surface area contributed by atoms with Crippen LogP contribution in [0, 0.1) is 33.2 Å². The second-order valence-electron chi connectivity index (χ2n) is 6.55. The smallest absolute Gasteiger partial charge is 0.272 e. The second-order valence-corrected chi connectivity index (χ2v) is 6.55. The Balaban J connectivity index is 1.58. The number of piperidine rings is 2. The van der Waals surface area contributed by atoms with Crippen molar-refractivity contribution in [3.63, 3.8) is 0 Å². The lowest BCUT2D eigenvalue weighted by atomic mass is 9.94. The predicted molar refractivity (Wildman–Crippen MR) is 88.2 cm³/mol. The Bertz CT molecular complexity index is 644. The van der Waals surface area contributed by atoms with Crippen LogP contribution >= 0.6 is 0 Å². The maximum absolute atomic E-state index is 14.1. The quantitative estimate of drug-likeness (QED) is 0.628. The van der Waals surface area contributed by atoms with E-state index >= 15 is 0 Å². The van der Waals surface area contributed by atoms with E-state index in [4.69, 9.17) is 5.26 Å². The van der Waals surface area contributed by atoms with Crippen LogP contribution in [-0.2, 0) is 0 Å². The van der Waals surface area contributed by atoms with Crippen molar-refractivity contribution in [2.24, 2.45) is 5.92 Å². The summed E-state index contributed by atoms with van der Waals surface area (Å²) in [6.45, 7) is 3.43. The number of hydrogen-bond acceptors (Lipinski definition) is 5. The van der Waals surface area contributed by atoms with Crippen LogP contribution in [0.1, 0.15) is 25.7 Å². The minimum absolute atomic E-state index is 0.190. The first-order valence-corrected chi connectivity index (χ1v) is 8.41. The third kappa shape index (κ3) is 3.49. The molecule has 2 saturated heterocycles. The molecule has 2 fully saturated rings. The van der Waals surface area contributed by atoms with Crippen molar-refractivity contribution >= 4 is 11.4 Å². The fourth-order valence-corrected chi connectivity index (χ4v) is 3.73. The van der Waals surface area contributed by atoms with E-state index in [0.717, 1.165) is 57.9 Å². The first-order valence-electron chi connectivity index (χ1n) is 8.41. The Labute approximate surface area is 140 Å². The standard InChI is InChI=1S/C17H21FN4O2/c18-16-11-15(22(23)24)1-2-17(16)21-9-5-14(6-10-21)20-7-3-13(12-19)4-8-20/h1-2,11,13-14H,3-10H2. The van der Waals surface area contributed by atoms with E-state index in [1.54, 1.807) is 0 Å². The second kappa shape index (κ2) is 7.14. The Morgan fingerprint density at radius 3 is 2.38 bits per heavy atom. The number of non-ortho nitro benzene ring substituents is 1. The van der Waals surface area contributed by atoms with Gasteiger partial charge in [-0.1, -0.05) is 0 Å². The van der Waals surface area contributed by atoms with E-state index in [9.17, 15) is 14.5 Å². The maximum atomic E-state index is 14.1. The Hall–Kier alpha value is -2.20. The first-order chi connectivity index (χ1) is 11.6. The monoisotopic (exact) mass is 332 g/mol. The molecule has 7 heteroatoms. The molecule has 0 aliphatic carbocycles. The molecule has 6 nitrogen and oxygen atoms in total. The van der Waals surface area contributed by atoms with Gasteiger partial charge in [0.15, 0.2) is 5.82 Å². The zero-order valence-electron chi connectivity index (χ0n) is 13.5. The molecular formula is C17H21FN4O2. The highest BCUT2D eigenvalue weighted by Gasteiger charge is 2.29. The van der Waals surface area contributed by atoms with Crippen LogP contribution in [0.3, 0.4) is 0 Å². The third-order valence-electron chi connectivity index (χ3n) is 5.18. The minimum Gasteiger partial charge on any atom is -0.369 e. The lowest BCUT2D eigenvalue weighted by Crippen LogP contribution is -2.47. The van der Waals surface area contributed by atoms with Gasteiger partial charge < -0.3 is 9.80 Å². The number of nitriles is 1. The molecule has 2 heterocycles. The van der Waals surface area contributed by atoms with Crippen LogP contribution in [-0.4, -0.2) is 42.0 Å². The zero-order chi connectivity index (χ0) is 17.1. The molecule has 0 aromatic heterocycles. The molecule has 0 radical (unpaired) electrons. The summed E-state index contributed by atoms with van der Waals surface area (Å²) < 4.78 is 14.1. The normalized spacial score (nSPS) is 20.8. The molecule has 0 amide bonds. The average molecular weight is 332 g/mol. The Morgan fingerprint density at radius 1 is 1.17 bits per heavy atom. The van der Waals surface area contributed by atoms with Crippen LogP contribution in [0.5, 0.6) is 0 Å². The number of nitro groups is 1.